The number of anilines is 2. The van der Waals surface area contributed by atoms with Gasteiger partial charge in [-0.2, -0.15) is 26.3 Å². The first-order chi connectivity index (χ1) is 36.3. The number of sulfonamides is 2. The van der Waals surface area contributed by atoms with E-state index in [1.807, 2.05) is 0 Å². The number of nitrogens with zero attached hydrogens (tertiary/aromatic N) is 6. The molecule has 0 saturated carbocycles. The molecular weight excluding hydrogens is 1140 g/mol. The van der Waals surface area contributed by atoms with Crippen molar-refractivity contribution in [1.82, 2.24) is 30.6 Å². The minimum atomic E-state index is -4.48. The topological polar surface area (TPSA) is 225 Å². The Hall–Kier alpha value is -5.36. The summed E-state index contributed by atoms with van der Waals surface area (Å²) in [6, 6.07) is 12.1. The number of carbonyl (C=O) groups excluding carboxylic acids is 2. The molecule has 0 bridgehead atoms. The zero-order chi connectivity index (χ0) is 57.2. The van der Waals surface area contributed by atoms with Gasteiger partial charge in [0.05, 0.1) is 22.6 Å². The highest BCUT2D eigenvalue weighted by atomic mass is 32.2. The highest BCUT2D eigenvalue weighted by Gasteiger charge is 2.35. The molecule has 0 aliphatic carbocycles. The van der Waals surface area contributed by atoms with Gasteiger partial charge in [0.1, 0.15) is 11.0 Å². The van der Waals surface area contributed by atoms with E-state index in [9.17, 15) is 63.0 Å². The molecule has 6 heterocycles. The van der Waals surface area contributed by atoms with Crippen LogP contribution in [0, 0.1) is 0 Å². The fraction of sp³-hybridized carbons (Fsp3) is 0.400. The first-order valence-electron chi connectivity index (χ1n) is 24.4. The molecule has 2 aromatic carbocycles. The standard InChI is InChI=1S/2C25H29F3N4O4P2S/c2*1-38(2,37)11-9-17-13-19-20(29-15-17)22(33)21(31-23(19)32-10-3-4-12-39(32,35)36)24(34)30-14-16-5-7-18(8-6-16)25(26,27)28/h2*5-8,13,15,33,37H,3-4,9-12,14H2,1-2H3,(H,30,34). The van der Waals surface area contributed by atoms with Gasteiger partial charge in [0.2, 0.25) is 20.0 Å². The molecule has 6 aromatic rings. The Morgan fingerprint density at radius 2 is 0.936 bits per heavy atom. The SMILES string of the molecule is CP(C)(=P)CCc1cnc2c(O)c(C(=O)NCc3ccc(C(F)(F)F)cc3)nc(N3CCCCS3(=O)=O)c2c1.CP(C)(=P)CCc1cnc2c(O)c(C(=O)NCc3ccc(C(F)(F)F)cc3)nc(N3CCCCS3(=O)=O)c2c1. The molecule has 0 spiro atoms. The molecule has 420 valence electrons. The molecular formula is C50H58F6N8O8P4S2. The Kier molecular flexibility index (Phi) is 18.4. The van der Waals surface area contributed by atoms with Crippen LogP contribution in [-0.2, 0) is 58.3 Å². The summed E-state index contributed by atoms with van der Waals surface area (Å²) in [5.74, 6) is -2.75. The third-order valence-corrected chi connectivity index (χ3v) is 20.4. The lowest BCUT2D eigenvalue weighted by atomic mass is 10.1. The van der Waals surface area contributed by atoms with E-state index >= 15 is 0 Å². The molecule has 2 aliphatic heterocycles. The quantitative estimate of drug-likeness (QED) is 0.0591. The van der Waals surface area contributed by atoms with E-state index in [0.29, 0.717) is 60.4 Å². The molecule has 4 N–H and O–H groups in total. The van der Waals surface area contributed by atoms with Crippen molar-refractivity contribution < 1.29 is 63.0 Å². The smallest absolute Gasteiger partial charge is 0.416 e. The van der Waals surface area contributed by atoms with Gasteiger partial charge >= 0.3 is 12.4 Å². The number of rotatable bonds is 14. The number of hydrogen-bond donors (Lipinski definition) is 4. The molecule has 16 nitrogen and oxygen atoms in total. The number of pyridine rings is 4. The molecule has 2 fully saturated rings. The first-order valence-corrected chi connectivity index (χ1v) is 36.0. The van der Waals surface area contributed by atoms with Crippen LogP contribution in [-0.4, -0.2) is 122 Å². The van der Waals surface area contributed by atoms with E-state index in [1.165, 1.54) is 24.3 Å². The second-order valence-corrected chi connectivity index (χ2v) is 38.9. The van der Waals surface area contributed by atoms with Gasteiger partial charge in [0.25, 0.3) is 11.8 Å². The number of hydrogen-bond acceptors (Lipinski definition) is 12. The predicted octanol–water partition coefficient (Wildman–Crippen LogP) is 10.2. The van der Waals surface area contributed by atoms with E-state index in [1.54, 1.807) is 24.5 Å². The molecule has 78 heavy (non-hydrogen) atoms. The van der Waals surface area contributed by atoms with Gasteiger partial charge < -0.3 is 20.8 Å². The van der Waals surface area contributed by atoms with E-state index in [-0.39, 0.29) is 60.4 Å². The van der Waals surface area contributed by atoms with Crippen LogP contribution >= 0.6 is 30.2 Å². The molecule has 2 amide bonds. The number of amides is 2. The summed E-state index contributed by atoms with van der Waals surface area (Å²) in [7, 11) is 0.125. The molecule has 0 radical (unpaired) electrons. The predicted molar refractivity (Wildman–Crippen MR) is 300 cm³/mol. The van der Waals surface area contributed by atoms with Crippen molar-refractivity contribution in [3.63, 3.8) is 0 Å². The van der Waals surface area contributed by atoms with Gasteiger partial charge in [-0.3, -0.25) is 28.2 Å². The maximum absolute atomic E-state index is 13.1. The number of carbonyl (C=O) groups is 2. The van der Waals surface area contributed by atoms with Crippen molar-refractivity contribution in [2.24, 2.45) is 0 Å². The summed E-state index contributed by atoms with van der Waals surface area (Å²) in [6.07, 6.45) is -0.474. The monoisotopic (exact) mass is 1200 g/mol. The maximum Gasteiger partial charge on any atom is 0.416 e. The van der Waals surface area contributed by atoms with Crippen molar-refractivity contribution in [2.75, 3.05) is 72.2 Å². The number of halogens is 6. The van der Waals surface area contributed by atoms with Crippen LogP contribution in [0.4, 0.5) is 38.0 Å². The van der Waals surface area contributed by atoms with Gasteiger partial charge in [0, 0.05) is 49.3 Å². The summed E-state index contributed by atoms with van der Waals surface area (Å²) in [5.41, 5.74) is 0.0848. The number of alkyl halides is 6. The van der Waals surface area contributed by atoms with E-state index in [4.69, 9.17) is 0 Å². The third kappa shape index (κ3) is 15.1. The summed E-state index contributed by atoms with van der Waals surface area (Å²) in [6.45, 7) is 6.05. The zero-order valence-electron chi connectivity index (χ0n) is 42.8. The number of aromatic nitrogens is 4. The van der Waals surface area contributed by atoms with Crippen LogP contribution in [0.5, 0.6) is 11.5 Å². The molecule has 8 rings (SSSR count). The van der Waals surface area contributed by atoms with Crippen LogP contribution in [0.25, 0.3) is 21.8 Å². The fourth-order valence-corrected chi connectivity index (χ4v) is 13.9. The molecule has 0 atom stereocenters. The summed E-state index contributed by atoms with van der Waals surface area (Å²) in [5, 5.41) is 27.6. The van der Waals surface area contributed by atoms with Crippen molar-refractivity contribution >= 4 is 95.5 Å². The molecule has 0 unspecified atom stereocenters. The van der Waals surface area contributed by atoms with Gasteiger partial charge in [-0.15, -0.1) is 17.1 Å². The molecule has 4 aromatic heterocycles. The maximum atomic E-state index is 13.1. The summed E-state index contributed by atoms with van der Waals surface area (Å²) < 4.78 is 131. The van der Waals surface area contributed by atoms with Gasteiger partial charge in [0.15, 0.2) is 34.5 Å². The number of aromatic hydroxyl groups is 2. The highest BCUT2D eigenvalue weighted by molar-refractivity contribution is 7.98. The van der Waals surface area contributed by atoms with E-state index < -0.39 is 91.3 Å². The number of nitrogens with one attached hydrogen (secondary N) is 2. The average molecular weight is 1200 g/mol. The minimum absolute atomic E-state index is 0.0176. The summed E-state index contributed by atoms with van der Waals surface area (Å²) in [4.78, 5) is 43.5. The fourth-order valence-electron chi connectivity index (χ4n) is 8.39. The molecule has 2 aliphatic rings. The van der Waals surface area contributed by atoms with Crippen LogP contribution < -0.4 is 19.2 Å². The molecule has 2 saturated heterocycles. The Labute approximate surface area is 452 Å². The van der Waals surface area contributed by atoms with Crippen molar-refractivity contribution in [3.05, 3.63) is 118 Å². The van der Waals surface area contributed by atoms with Crippen molar-refractivity contribution in [2.45, 2.75) is 64.0 Å². The van der Waals surface area contributed by atoms with Crippen LogP contribution in [0.3, 0.4) is 0 Å². The van der Waals surface area contributed by atoms with Crippen LogP contribution in [0.15, 0.2) is 73.1 Å². The second-order valence-electron chi connectivity index (χ2n) is 20.0. The lowest BCUT2D eigenvalue weighted by Crippen LogP contribution is -2.39. The Morgan fingerprint density at radius 3 is 1.24 bits per heavy atom. The highest BCUT2D eigenvalue weighted by Crippen LogP contribution is 2.45. The van der Waals surface area contributed by atoms with Gasteiger partial charge in [-0.1, -0.05) is 37.4 Å². The number of aryl methyl sites for hydroxylation is 2. The lowest BCUT2D eigenvalue weighted by molar-refractivity contribution is -0.138. The van der Waals surface area contributed by atoms with Gasteiger partial charge in [-0.25, -0.2) is 26.8 Å². The van der Waals surface area contributed by atoms with Crippen molar-refractivity contribution in [3.8, 4) is 11.5 Å². The Morgan fingerprint density at radius 1 is 0.590 bits per heavy atom. The lowest BCUT2D eigenvalue weighted by Gasteiger charge is -2.28. The number of benzene rings is 2. The number of fused-ring (bicyclic) bond motifs is 2. The largest absolute Gasteiger partial charge is 0.504 e. The zero-order valence-corrected chi connectivity index (χ0v) is 48.3. The summed E-state index contributed by atoms with van der Waals surface area (Å²) >= 11 is 0. The van der Waals surface area contributed by atoms with Crippen LogP contribution in [0.1, 0.15) is 80.0 Å². The van der Waals surface area contributed by atoms with Gasteiger partial charge in [-0.05, 0) is 136 Å². The normalized spacial score (nSPS) is 15.9. The molecule has 28 heteroatoms. The van der Waals surface area contributed by atoms with E-state index in [2.05, 4.69) is 74.3 Å². The average Bonchev–Trinajstić information content (AvgIpc) is 3.40. The third-order valence-electron chi connectivity index (χ3n) is 12.7. The van der Waals surface area contributed by atoms with Crippen LogP contribution in [0.2, 0.25) is 0 Å². The minimum Gasteiger partial charge on any atom is -0.504 e. The van der Waals surface area contributed by atoms with E-state index in [0.717, 1.165) is 56.3 Å². The Balaban J connectivity index is 0.000000226. The Bertz CT molecular complexity index is 3350. The van der Waals surface area contributed by atoms with Crippen molar-refractivity contribution in [1.29, 1.82) is 0 Å². The first kappa shape index (κ1) is 60.3. The second kappa shape index (κ2) is 23.8.